The van der Waals surface area contributed by atoms with E-state index in [1.807, 2.05) is 29.6 Å². The van der Waals surface area contributed by atoms with Crippen molar-refractivity contribution in [2.75, 3.05) is 13.7 Å². The Hall–Kier alpha value is -1.71. The summed E-state index contributed by atoms with van der Waals surface area (Å²) in [7, 11) is -2.18. The molecule has 2 N–H and O–H groups in total. The molecule has 0 radical (unpaired) electrons. The van der Waals surface area contributed by atoms with Gasteiger partial charge in [0.2, 0.25) is 10.0 Å². The quantitative estimate of drug-likeness (QED) is 0.622. The molecule has 3 aromatic rings. The van der Waals surface area contributed by atoms with Gasteiger partial charge in [-0.15, -0.1) is 22.7 Å². The molecule has 0 fully saturated rings. The molecule has 0 amide bonds. The second kappa shape index (κ2) is 7.89. The van der Waals surface area contributed by atoms with Gasteiger partial charge in [-0.05, 0) is 54.3 Å². The van der Waals surface area contributed by atoms with Crippen molar-refractivity contribution < 1.29 is 18.3 Å². The van der Waals surface area contributed by atoms with Gasteiger partial charge >= 0.3 is 0 Å². The van der Waals surface area contributed by atoms with Crippen molar-refractivity contribution in [3.63, 3.8) is 0 Å². The first-order valence-electron chi connectivity index (χ1n) is 7.86. The summed E-state index contributed by atoms with van der Waals surface area (Å²) < 4.78 is 32.6. The van der Waals surface area contributed by atoms with Crippen molar-refractivity contribution in [1.29, 1.82) is 0 Å². The van der Waals surface area contributed by atoms with Gasteiger partial charge in [0.15, 0.2) is 0 Å². The van der Waals surface area contributed by atoms with Crippen molar-refractivity contribution >= 4 is 32.7 Å². The SMILES string of the molecule is COc1ccc(S(=O)(=O)NCC(O)c2ccc(-c3cccs3)s2)c(C)c1. The van der Waals surface area contributed by atoms with Crippen molar-refractivity contribution in [3.05, 3.63) is 58.3 Å². The van der Waals surface area contributed by atoms with Gasteiger partial charge < -0.3 is 9.84 Å². The largest absolute Gasteiger partial charge is 0.497 e. The van der Waals surface area contributed by atoms with Gasteiger partial charge in [-0.25, -0.2) is 13.1 Å². The fraction of sp³-hybridized carbons (Fsp3) is 0.222. The molecule has 1 aromatic carbocycles. The molecule has 2 heterocycles. The standard InChI is InChI=1S/C18H19NO4S3/c1-12-10-13(23-2)5-8-18(12)26(21,22)19-11-14(20)15-6-7-17(25-15)16-4-3-9-24-16/h3-10,14,19-20H,11H2,1-2H3. The Labute approximate surface area is 161 Å². The highest BCUT2D eigenvalue weighted by atomic mass is 32.2. The molecule has 1 atom stereocenters. The summed E-state index contributed by atoms with van der Waals surface area (Å²) in [6, 6.07) is 12.5. The molecule has 0 saturated carbocycles. The Kier molecular flexibility index (Phi) is 5.79. The fourth-order valence-electron chi connectivity index (χ4n) is 2.50. The first-order valence-corrected chi connectivity index (χ1v) is 11.0. The third-order valence-corrected chi connectivity index (χ3v) is 7.69. The van der Waals surface area contributed by atoms with Gasteiger partial charge in [0.05, 0.1) is 12.0 Å². The third kappa shape index (κ3) is 4.16. The minimum atomic E-state index is -3.71. The molecule has 0 bridgehead atoms. The van der Waals surface area contributed by atoms with E-state index in [1.165, 1.54) is 24.5 Å². The van der Waals surface area contributed by atoms with Crippen LogP contribution in [0.4, 0.5) is 0 Å². The average molecular weight is 410 g/mol. The van der Waals surface area contributed by atoms with E-state index in [2.05, 4.69) is 4.72 Å². The first kappa shape index (κ1) is 19.1. The maximum Gasteiger partial charge on any atom is 0.240 e. The highest BCUT2D eigenvalue weighted by molar-refractivity contribution is 7.89. The van der Waals surface area contributed by atoms with E-state index in [1.54, 1.807) is 30.4 Å². The van der Waals surface area contributed by atoms with Crippen LogP contribution in [0.2, 0.25) is 0 Å². The van der Waals surface area contributed by atoms with Crippen molar-refractivity contribution in [1.82, 2.24) is 4.72 Å². The minimum Gasteiger partial charge on any atom is -0.497 e. The van der Waals surface area contributed by atoms with Gasteiger partial charge in [-0.3, -0.25) is 0 Å². The zero-order valence-electron chi connectivity index (χ0n) is 14.3. The lowest BCUT2D eigenvalue weighted by Crippen LogP contribution is -2.28. The minimum absolute atomic E-state index is 0.0851. The lowest BCUT2D eigenvalue weighted by molar-refractivity contribution is 0.186. The molecule has 5 nitrogen and oxygen atoms in total. The molecule has 8 heteroatoms. The molecule has 0 spiro atoms. The number of hydrogen-bond acceptors (Lipinski definition) is 6. The predicted octanol–water partition coefficient (Wildman–Crippen LogP) is 3.81. The highest BCUT2D eigenvalue weighted by Crippen LogP contribution is 2.34. The van der Waals surface area contributed by atoms with Crippen LogP contribution in [0.1, 0.15) is 16.5 Å². The van der Waals surface area contributed by atoms with E-state index >= 15 is 0 Å². The molecule has 1 unspecified atom stereocenters. The summed E-state index contributed by atoms with van der Waals surface area (Å²) in [6.07, 6.45) is -0.901. The monoisotopic (exact) mass is 409 g/mol. The van der Waals surface area contributed by atoms with Crippen molar-refractivity contribution in [2.24, 2.45) is 0 Å². The number of methoxy groups -OCH3 is 1. The number of benzene rings is 1. The number of aryl methyl sites for hydroxylation is 1. The van der Waals surface area contributed by atoms with E-state index < -0.39 is 16.1 Å². The third-order valence-electron chi connectivity index (χ3n) is 3.86. The second-order valence-electron chi connectivity index (χ2n) is 5.68. The number of rotatable bonds is 7. The van der Waals surface area contributed by atoms with Crippen LogP contribution in [0.25, 0.3) is 9.75 Å². The second-order valence-corrected chi connectivity index (χ2v) is 9.48. The number of ether oxygens (including phenoxy) is 1. The van der Waals surface area contributed by atoms with E-state index in [4.69, 9.17) is 4.74 Å². The molecule has 138 valence electrons. The molecule has 2 aromatic heterocycles. The van der Waals surface area contributed by atoms with E-state index in [0.29, 0.717) is 11.3 Å². The average Bonchev–Trinajstić information content (AvgIpc) is 3.30. The van der Waals surface area contributed by atoms with E-state index in [-0.39, 0.29) is 11.4 Å². The predicted molar refractivity (Wildman–Crippen MR) is 106 cm³/mol. The maximum absolute atomic E-state index is 12.5. The molecule has 26 heavy (non-hydrogen) atoms. The summed E-state index contributed by atoms with van der Waals surface area (Å²) in [6.45, 7) is 1.62. The smallest absolute Gasteiger partial charge is 0.240 e. The van der Waals surface area contributed by atoms with Crippen LogP contribution in [0.15, 0.2) is 52.7 Å². The van der Waals surface area contributed by atoms with E-state index in [0.717, 1.165) is 14.6 Å². The zero-order chi connectivity index (χ0) is 18.7. The van der Waals surface area contributed by atoms with Gasteiger partial charge in [-0.2, -0.15) is 0 Å². The number of sulfonamides is 1. The van der Waals surface area contributed by atoms with E-state index in [9.17, 15) is 13.5 Å². The molecule has 0 aliphatic heterocycles. The van der Waals surface area contributed by atoms with Crippen LogP contribution in [-0.2, 0) is 10.0 Å². The van der Waals surface area contributed by atoms with Crippen molar-refractivity contribution in [2.45, 2.75) is 17.9 Å². The molecular formula is C18H19NO4S3. The fourth-order valence-corrected chi connectivity index (χ4v) is 5.59. The summed E-state index contributed by atoms with van der Waals surface area (Å²) in [5, 5.41) is 12.4. The summed E-state index contributed by atoms with van der Waals surface area (Å²) >= 11 is 3.09. The molecule has 0 aliphatic rings. The lowest BCUT2D eigenvalue weighted by atomic mass is 10.2. The van der Waals surface area contributed by atoms with Crippen LogP contribution < -0.4 is 9.46 Å². The maximum atomic E-state index is 12.5. The topological polar surface area (TPSA) is 75.6 Å². The number of nitrogens with one attached hydrogen (secondary N) is 1. The summed E-state index contributed by atoms with van der Waals surface area (Å²) in [5.41, 5.74) is 0.586. The van der Waals surface area contributed by atoms with Crippen LogP contribution in [-0.4, -0.2) is 27.2 Å². The zero-order valence-corrected chi connectivity index (χ0v) is 16.7. The first-order chi connectivity index (χ1) is 12.4. The molecular weight excluding hydrogens is 390 g/mol. The number of aliphatic hydroxyl groups is 1. The Bertz CT molecular complexity index is 978. The number of aliphatic hydroxyl groups excluding tert-OH is 1. The molecule has 0 aliphatic carbocycles. The lowest BCUT2D eigenvalue weighted by Gasteiger charge is -2.13. The van der Waals surface area contributed by atoms with Gasteiger partial charge in [0.25, 0.3) is 0 Å². The van der Waals surface area contributed by atoms with Gasteiger partial charge in [0, 0.05) is 21.2 Å². The molecule has 0 saturated heterocycles. The Morgan fingerprint density at radius 2 is 2.00 bits per heavy atom. The van der Waals surface area contributed by atoms with Gasteiger partial charge in [-0.1, -0.05) is 6.07 Å². The van der Waals surface area contributed by atoms with Crippen LogP contribution >= 0.6 is 22.7 Å². The highest BCUT2D eigenvalue weighted by Gasteiger charge is 2.20. The molecule has 3 rings (SSSR count). The van der Waals surface area contributed by atoms with Crippen molar-refractivity contribution in [3.8, 4) is 15.5 Å². The van der Waals surface area contributed by atoms with Crippen LogP contribution in [0.5, 0.6) is 5.75 Å². The van der Waals surface area contributed by atoms with Crippen LogP contribution in [0.3, 0.4) is 0 Å². The van der Waals surface area contributed by atoms with Gasteiger partial charge in [0.1, 0.15) is 11.9 Å². The normalized spacial score (nSPS) is 12.9. The number of thiophene rings is 2. The van der Waals surface area contributed by atoms with Crippen LogP contribution in [0, 0.1) is 6.92 Å². The summed E-state index contributed by atoms with van der Waals surface area (Å²) in [5.74, 6) is 0.598. The summed E-state index contributed by atoms with van der Waals surface area (Å²) in [4.78, 5) is 3.09. The Morgan fingerprint density at radius 3 is 2.65 bits per heavy atom. The Morgan fingerprint density at radius 1 is 1.19 bits per heavy atom. The number of hydrogen-bond donors (Lipinski definition) is 2. The Balaban J connectivity index is 1.69.